The number of aliphatic hydroxyl groups is 1. The molecule has 1 aliphatic carbocycles. The van der Waals surface area contributed by atoms with E-state index in [-0.39, 0.29) is 11.7 Å². The van der Waals surface area contributed by atoms with E-state index in [0.29, 0.717) is 12.8 Å². The van der Waals surface area contributed by atoms with Crippen LogP contribution in [0, 0.1) is 17.6 Å². The van der Waals surface area contributed by atoms with Gasteiger partial charge >= 0.3 is 0 Å². The van der Waals surface area contributed by atoms with Gasteiger partial charge in [0.15, 0.2) is 11.6 Å². The lowest BCUT2D eigenvalue weighted by atomic mass is 9.75. The second-order valence-corrected chi connectivity index (χ2v) is 6.22. The molecule has 2 N–H and O–H groups in total. The maximum Gasteiger partial charge on any atom is 0.258 e. The fourth-order valence-corrected chi connectivity index (χ4v) is 3.10. The second kappa shape index (κ2) is 6.79. The van der Waals surface area contributed by atoms with Gasteiger partial charge in [0.25, 0.3) is 5.91 Å². The van der Waals surface area contributed by atoms with Crippen molar-refractivity contribution in [2.45, 2.75) is 25.0 Å². The molecule has 1 fully saturated rings. The minimum atomic E-state index is -1.25. The molecule has 134 valence electrons. The van der Waals surface area contributed by atoms with Crippen molar-refractivity contribution in [3.8, 4) is 5.75 Å². The van der Waals surface area contributed by atoms with E-state index in [2.05, 4.69) is 10.4 Å². The first-order valence-electron chi connectivity index (χ1n) is 7.90. The summed E-state index contributed by atoms with van der Waals surface area (Å²) in [5.41, 5.74) is 0.264. The predicted molar refractivity (Wildman–Crippen MR) is 85.1 cm³/mol. The lowest BCUT2D eigenvalue weighted by molar-refractivity contribution is 0.0234. The highest BCUT2D eigenvalue weighted by molar-refractivity contribution is 5.97. The van der Waals surface area contributed by atoms with Crippen LogP contribution in [-0.2, 0) is 7.05 Å². The van der Waals surface area contributed by atoms with Crippen LogP contribution < -0.4 is 10.1 Å². The first kappa shape index (κ1) is 17.3. The molecule has 1 amide bonds. The Labute approximate surface area is 143 Å². The fraction of sp³-hybridized carbons (Fsp3) is 0.412. The third-order valence-corrected chi connectivity index (χ3v) is 4.50. The van der Waals surface area contributed by atoms with Crippen LogP contribution in [0.5, 0.6) is 5.75 Å². The van der Waals surface area contributed by atoms with Crippen LogP contribution in [0.15, 0.2) is 24.5 Å². The largest absolute Gasteiger partial charge is 0.496 e. The summed E-state index contributed by atoms with van der Waals surface area (Å²) in [5, 5.41) is 16.4. The topological polar surface area (TPSA) is 76.4 Å². The van der Waals surface area contributed by atoms with Gasteiger partial charge in [-0.15, -0.1) is 0 Å². The molecule has 0 aliphatic heterocycles. The molecule has 1 saturated carbocycles. The number of rotatable bonds is 5. The first-order valence-corrected chi connectivity index (χ1v) is 7.90. The number of aryl methyl sites for hydroxylation is 1. The summed E-state index contributed by atoms with van der Waals surface area (Å²) in [5.74, 6) is -3.21. The smallest absolute Gasteiger partial charge is 0.258 e. The maximum absolute atomic E-state index is 14.1. The van der Waals surface area contributed by atoms with Gasteiger partial charge in [-0.3, -0.25) is 9.48 Å². The summed E-state index contributed by atoms with van der Waals surface area (Å²) in [6, 6.07) is 1.66. The van der Waals surface area contributed by atoms with Crippen molar-refractivity contribution >= 4 is 5.91 Å². The van der Waals surface area contributed by atoms with Gasteiger partial charge in [0.1, 0.15) is 11.3 Å². The quantitative estimate of drug-likeness (QED) is 0.863. The van der Waals surface area contributed by atoms with Crippen LogP contribution in [0.25, 0.3) is 0 Å². The summed E-state index contributed by atoms with van der Waals surface area (Å²) >= 11 is 0. The van der Waals surface area contributed by atoms with Gasteiger partial charge < -0.3 is 15.2 Å². The Hall–Kier alpha value is -2.48. The summed E-state index contributed by atoms with van der Waals surface area (Å²) in [6.45, 7) is 0. The molecule has 1 aromatic heterocycles. The van der Waals surface area contributed by atoms with Crippen LogP contribution in [0.4, 0.5) is 8.78 Å². The Morgan fingerprint density at radius 2 is 2.16 bits per heavy atom. The number of benzene rings is 1. The first-order chi connectivity index (χ1) is 11.9. The zero-order valence-electron chi connectivity index (χ0n) is 13.9. The van der Waals surface area contributed by atoms with Gasteiger partial charge in [-0.2, -0.15) is 5.10 Å². The third kappa shape index (κ3) is 3.34. The monoisotopic (exact) mass is 351 g/mol. The maximum atomic E-state index is 14.1. The normalized spacial score (nSPS) is 20.7. The number of methoxy groups -OCH3 is 1. The highest BCUT2D eigenvalue weighted by Crippen LogP contribution is 2.38. The predicted octanol–water partition coefficient (Wildman–Crippen LogP) is 1.95. The van der Waals surface area contributed by atoms with E-state index in [1.165, 1.54) is 13.2 Å². The second-order valence-electron chi connectivity index (χ2n) is 6.22. The van der Waals surface area contributed by atoms with E-state index in [1.807, 2.05) is 0 Å². The number of aliphatic hydroxyl groups excluding tert-OH is 1. The molecule has 1 heterocycles. The molecule has 1 aliphatic rings. The van der Waals surface area contributed by atoms with Gasteiger partial charge in [-0.25, -0.2) is 8.78 Å². The van der Waals surface area contributed by atoms with E-state index >= 15 is 0 Å². The van der Waals surface area contributed by atoms with Gasteiger partial charge in [0, 0.05) is 18.8 Å². The van der Waals surface area contributed by atoms with Crippen LogP contribution in [0.2, 0.25) is 0 Å². The molecule has 3 rings (SSSR count). The summed E-state index contributed by atoms with van der Waals surface area (Å²) in [6.07, 6.45) is 3.97. The number of carbonyl (C=O) groups excluding carboxylic acids is 1. The van der Waals surface area contributed by atoms with Gasteiger partial charge in [-0.1, -0.05) is 0 Å². The number of nitrogens with one attached hydrogen (secondary N) is 1. The van der Waals surface area contributed by atoms with Crippen molar-refractivity contribution in [2.75, 3.05) is 7.11 Å². The number of amides is 1. The van der Waals surface area contributed by atoms with Crippen molar-refractivity contribution in [3.63, 3.8) is 0 Å². The lowest BCUT2D eigenvalue weighted by Crippen LogP contribution is -2.41. The van der Waals surface area contributed by atoms with Crippen LogP contribution in [-0.4, -0.2) is 34.0 Å². The van der Waals surface area contributed by atoms with E-state index in [9.17, 15) is 18.7 Å². The van der Waals surface area contributed by atoms with Crippen molar-refractivity contribution in [1.29, 1.82) is 0 Å². The number of hydrogen-bond donors (Lipinski definition) is 2. The van der Waals surface area contributed by atoms with Gasteiger partial charge in [-0.05, 0) is 30.9 Å². The Bertz CT molecular complexity index is 787. The summed E-state index contributed by atoms with van der Waals surface area (Å²) in [4.78, 5) is 12.6. The minimum absolute atomic E-state index is 0.00855. The Morgan fingerprint density at radius 3 is 2.72 bits per heavy atom. The molecule has 0 unspecified atom stereocenters. The molecule has 0 spiro atoms. The molecule has 0 bridgehead atoms. The van der Waals surface area contributed by atoms with Crippen molar-refractivity contribution < 1.29 is 23.4 Å². The molecule has 0 saturated heterocycles. The highest BCUT2D eigenvalue weighted by Gasteiger charge is 2.37. The van der Waals surface area contributed by atoms with E-state index in [4.69, 9.17) is 4.74 Å². The third-order valence-electron chi connectivity index (χ3n) is 4.50. The average molecular weight is 351 g/mol. The number of nitrogens with zero attached hydrogens (tertiary/aromatic N) is 2. The average Bonchev–Trinajstić information content (AvgIpc) is 2.98. The molecule has 8 heteroatoms. The van der Waals surface area contributed by atoms with Crippen molar-refractivity contribution in [3.05, 3.63) is 47.3 Å². The van der Waals surface area contributed by atoms with Crippen LogP contribution in [0.3, 0.4) is 0 Å². The van der Waals surface area contributed by atoms with E-state index < -0.39 is 35.3 Å². The van der Waals surface area contributed by atoms with Gasteiger partial charge in [0.05, 0.1) is 25.5 Å². The van der Waals surface area contributed by atoms with Crippen molar-refractivity contribution in [1.82, 2.24) is 15.1 Å². The Kier molecular flexibility index (Phi) is 4.71. The molecule has 2 aromatic rings. The van der Waals surface area contributed by atoms with Gasteiger partial charge in [0.2, 0.25) is 0 Å². The zero-order valence-corrected chi connectivity index (χ0v) is 13.9. The fourth-order valence-electron chi connectivity index (χ4n) is 3.10. The molecular formula is C17H19F2N3O3. The van der Waals surface area contributed by atoms with Crippen molar-refractivity contribution in [2.24, 2.45) is 13.0 Å². The molecule has 0 radical (unpaired) electrons. The minimum Gasteiger partial charge on any atom is -0.496 e. The van der Waals surface area contributed by atoms with E-state index in [0.717, 1.165) is 11.6 Å². The highest BCUT2D eigenvalue weighted by atomic mass is 19.2. The molecule has 25 heavy (non-hydrogen) atoms. The Morgan fingerprint density at radius 1 is 1.44 bits per heavy atom. The van der Waals surface area contributed by atoms with Crippen LogP contribution >= 0.6 is 0 Å². The molecular weight excluding hydrogens is 332 g/mol. The molecule has 1 atom stereocenters. The van der Waals surface area contributed by atoms with Crippen LogP contribution in [0.1, 0.15) is 34.8 Å². The molecule has 6 nitrogen and oxygen atoms in total. The number of halogens is 2. The lowest BCUT2D eigenvalue weighted by Gasteiger charge is -2.37. The summed E-state index contributed by atoms with van der Waals surface area (Å²) in [7, 11) is 3.03. The zero-order chi connectivity index (χ0) is 18.1. The van der Waals surface area contributed by atoms with E-state index in [1.54, 1.807) is 24.1 Å². The Balaban J connectivity index is 1.90. The molecule has 1 aromatic carbocycles. The SMILES string of the molecule is COc1ccc(F)c(F)c1C(=O)N[C@H](c1cnn(C)c1)C1CC(O)C1. The summed E-state index contributed by atoms with van der Waals surface area (Å²) < 4.78 is 34.3. The number of carbonyl (C=O) groups is 1. The standard InChI is InChI=1S/C17H19F2N3O3/c1-22-8-10(7-20-22)16(9-5-11(23)6-9)21-17(24)14-13(25-2)4-3-12(18)15(14)19/h3-4,7-9,11,16,23H,5-6H2,1-2H3,(H,21,24)/t9?,11?,16-/m0/s1. The number of ether oxygens (including phenoxy) is 1. The number of aromatic nitrogens is 2. The number of hydrogen-bond acceptors (Lipinski definition) is 4.